The molecule has 0 unspecified atom stereocenters. The third kappa shape index (κ3) is 3.91. The average Bonchev–Trinajstić information content (AvgIpc) is 3.08. The molecular weight excluding hydrogens is 310 g/mol. The van der Waals surface area contributed by atoms with Crippen LogP contribution in [0.5, 0.6) is 0 Å². The number of nitrogens with zero attached hydrogens (tertiary/aromatic N) is 1. The highest BCUT2D eigenvalue weighted by Crippen LogP contribution is 2.31. The lowest BCUT2D eigenvalue weighted by molar-refractivity contribution is -0.116. The number of rotatable bonds is 5. The number of para-hydroxylation sites is 1. The molecule has 25 heavy (non-hydrogen) atoms. The van der Waals surface area contributed by atoms with Crippen molar-refractivity contribution in [3.8, 4) is 0 Å². The van der Waals surface area contributed by atoms with Gasteiger partial charge in [0.05, 0.1) is 0 Å². The Morgan fingerprint density at radius 3 is 2.76 bits per heavy atom. The minimum Gasteiger partial charge on any atom is -0.326 e. The Labute approximate surface area is 149 Å². The summed E-state index contributed by atoms with van der Waals surface area (Å²) >= 11 is 0. The number of carbonyl (C=O) groups is 1. The van der Waals surface area contributed by atoms with E-state index in [2.05, 4.69) is 58.0 Å². The van der Waals surface area contributed by atoms with E-state index in [0.29, 0.717) is 12.5 Å². The minimum atomic E-state index is 0.127. The number of hydrogen-bond acceptors (Lipinski definition) is 3. The molecule has 0 aromatic heterocycles. The molecule has 2 N–H and O–H groups in total. The molecular formula is C21H25N3O. The van der Waals surface area contributed by atoms with Crippen LogP contribution in [-0.2, 0) is 11.3 Å². The van der Waals surface area contributed by atoms with Crippen molar-refractivity contribution in [3.05, 3.63) is 65.7 Å². The molecule has 1 amide bonds. The molecule has 2 aromatic rings. The molecule has 2 heterocycles. The zero-order valence-corrected chi connectivity index (χ0v) is 14.4. The van der Waals surface area contributed by atoms with Crippen molar-refractivity contribution in [1.82, 2.24) is 10.2 Å². The molecule has 4 heteroatoms. The van der Waals surface area contributed by atoms with Gasteiger partial charge in [-0.25, -0.2) is 0 Å². The fourth-order valence-electron chi connectivity index (χ4n) is 3.98. The number of carbonyl (C=O) groups excluding carboxylic acids is 1. The number of anilines is 1. The lowest BCUT2D eigenvalue weighted by atomic mass is 9.90. The van der Waals surface area contributed by atoms with Crippen LogP contribution in [0.25, 0.3) is 0 Å². The van der Waals surface area contributed by atoms with Crippen LogP contribution in [0.1, 0.15) is 29.9 Å². The Kier molecular flexibility index (Phi) is 4.81. The first-order chi connectivity index (χ1) is 12.3. The fraction of sp³-hybridized carbons (Fsp3) is 0.381. The predicted molar refractivity (Wildman–Crippen MR) is 101 cm³/mol. The van der Waals surface area contributed by atoms with Gasteiger partial charge in [-0.2, -0.15) is 0 Å². The maximum absolute atomic E-state index is 11.9. The number of hydrogen-bond donors (Lipinski definition) is 2. The Balaban J connectivity index is 1.31. The molecule has 0 saturated carbocycles. The Morgan fingerprint density at radius 1 is 1.08 bits per heavy atom. The number of nitrogens with one attached hydrogen (secondary N) is 2. The first-order valence-electron chi connectivity index (χ1n) is 9.16. The van der Waals surface area contributed by atoms with Crippen molar-refractivity contribution in [2.24, 2.45) is 0 Å². The molecule has 130 valence electrons. The number of fused-ring (bicyclic) bond motifs is 1. The highest BCUT2D eigenvalue weighted by atomic mass is 16.1. The molecule has 0 radical (unpaired) electrons. The second-order valence-electron chi connectivity index (χ2n) is 7.15. The van der Waals surface area contributed by atoms with Gasteiger partial charge in [-0.3, -0.25) is 9.69 Å². The van der Waals surface area contributed by atoms with Crippen LogP contribution < -0.4 is 10.6 Å². The Hall–Kier alpha value is -2.17. The van der Waals surface area contributed by atoms with E-state index < -0.39 is 0 Å². The number of amides is 1. The molecule has 2 atom stereocenters. The molecule has 4 nitrogen and oxygen atoms in total. The van der Waals surface area contributed by atoms with E-state index in [4.69, 9.17) is 0 Å². The van der Waals surface area contributed by atoms with Crippen LogP contribution in [0.2, 0.25) is 0 Å². The zero-order valence-electron chi connectivity index (χ0n) is 14.4. The van der Waals surface area contributed by atoms with E-state index in [1.54, 1.807) is 0 Å². The molecule has 2 aliphatic rings. The Morgan fingerprint density at radius 2 is 1.88 bits per heavy atom. The second-order valence-corrected chi connectivity index (χ2v) is 7.15. The zero-order chi connectivity index (χ0) is 17.1. The van der Waals surface area contributed by atoms with Crippen molar-refractivity contribution in [1.29, 1.82) is 0 Å². The summed E-state index contributed by atoms with van der Waals surface area (Å²) in [6, 6.07) is 19.3. The summed E-state index contributed by atoms with van der Waals surface area (Å²) < 4.78 is 0. The lowest BCUT2D eigenvalue weighted by Gasteiger charge is -2.27. The lowest BCUT2D eigenvalue weighted by Crippen LogP contribution is -2.37. The van der Waals surface area contributed by atoms with Crippen molar-refractivity contribution in [2.45, 2.75) is 31.3 Å². The van der Waals surface area contributed by atoms with Crippen LogP contribution in [0.15, 0.2) is 54.6 Å². The van der Waals surface area contributed by atoms with Gasteiger partial charge in [0.2, 0.25) is 5.91 Å². The summed E-state index contributed by atoms with van der Waals surface area (Å²) in [5.41, 5.74) is 3.61. The van der Waals surface area contributed by atoms with Crippen LogP contribution in [0, 0.1) is 0 Å². The molecule has 0 aliphatic carbocycles. The fourth-order valence-corrected chi connectivity index (χ4v) is 3.98. The molecule has 1 fully saturated rings. The third-order valence-corrected chi connectivity index (χ3v) is 5.28. The minimum absolute atomic E-state index is 0.127. The number of benzene rings is 2. The topological polar surface area (TPSA) is 44.4 Å². The van der Waals surface area contributed by atoms with Gasteiger partial charge in [0.1, 0.15) is 0 Å². The molecule has 0 spiro atoms. The van der Waals surface area contributed by atoms with Crippen molar-refractivity contribution < 1.29 is 4.79 Å². The first kappa shape index (κ1) is 16.3. The summed E-state index contributed by atoms with van der Waals surface area (Å²) in [7, 11) is 0. The number of likely N-dealkylation sites (tertiary alicyclic amines) is 1. The van der Waals surface area contributed by atoms with E-state index in [1.807, 2.05) is 12.1 Å². The monoisotopic (exact) mass is 335 g/mol. The van der Waals surface area contributed by atoms with Crippen molar-refractivity contribution in [3.63, 3.8) is 0 Å². The summed E-state index contributed by atoms with van der Waals surface area (Å²) in [5.74, 6) is 0.399. The Bertz CT molecular complexity index is 731. The van der Waals surface area contributed by atoms with Gasteiger partial charge in [-0.1, -0.05) is 48.5 Å². The highest BCUT2D eigenvalue weighted by Gasteiger charge is 2.27. The molecule has 0 bridgehead atoms. The van der Waals surface area contributed by atoms with Crippen molar-refractivity contribution >= 4 is 11.6 Å². The normalized spacial score (nSPS) is 23.3. The van der Waals surface area contributed by atoms with E-state index in [9.17, 15) is 4.79 Å². The van der Waals surface area contributed by atoms with Gasteiger partial charge in [-0.15, -0.1) is 0 Å². The quantitative estimate of drug-likeness (QED) is 0.883. The maximum Gasteiger partial charge on any atom is 0.225 e. The summed E-state index contributed by atoms with van der Waals surface area (Å²) in [4.78, 5) is 14.4. The second kappa shape index (κ2) is 7.38. The molecule has 4 rings (SSSR count). The standard InChI is InChI=1S/C21H25N3O/c25-21-12-17(19-8-4-5-9-20(19)23-21)13-22-18-10-11-24(15-18)14-16-6-2-1-3-7-16/h1-9,17-18,22H,10-15H2,(H,23,25)/t17-,18+/m1/s1. The van der Waals surface area contributed by atoms with E-state index in [0.717, 1.165) is 31.9 Å². The maximum atomic E-state index is 11.9. The van der Waals surface area contributed by atoms with Crippen molar-refractivity contribution in [2.75, 3.05) is 25.0 Å². The summed E-state index contributed by atoms with van der Waals surface area (Å²) in [5, 5.41) is 6.68. The third-order valence-electron chi connectivity index (χ3n) is 5.28. The van der Waals surface area contributed by atoms with Gasteiger partial charge in [0.25, 0.3) is 0 Å². The van der Waals surface area contributed by atoms with Gasteiger partial charge in [-0.05, 0) is 23.6 Å². The van der Waals surface area contributed by atoms with Gasteiger partial charge in [0.15, 0.2) is 0 Å². The first-order valence-corrected chi connectivity index (χ1v) is 9.16. The molecule has 2 aliphatic heterocycles. The largest absolute Gasteiger partial charge is 0.326 e. The van der Waals surface area contributed by atoms with E-state index >= 15 is 0 Å². The SMILES string of the molecule is O=C1C[C@H](CN[C@H]2CCN(Cc3ccccc3)C2)c2ccccc2N1. The van der Waals surface area contributed by atoms with Crippen LogP contribution >= 0.6 is 0 Å². The van der Waals surface area contributed by atoms with Crippen LogP contribution in [-0.4, -0.2) is 36.5 Å². The highest BCUT2D eigenvalue weighted by molar-refractivity contribution is 5.94. The molecule has 2 aromatic carbocycles. The van der Waals surface area contributed by atoms with E-state index in [-0.39, 0.29) is 11.8 Å². The smallest absolute Gasteiger partial charge is 0.225 e. The van der Waals surface area contributed by atoms with Crippen LogP contribution in [0.3, 0.4) is 0 Å². The summed E-state index contributed by atoms with van der Waals surface area (Å²) in [6.07, 6.45) is 1.75. The average molecular weight is 335 g/mol. The van der Waals surface area contributed by atoms with Gasteiger partial charge in [0, 0.05) is 50.2 Å². The predicted octanol–water partition coefficient (Wildman–Crippen LogP) is 2.98. The van der Waals surface area contributed by atoms with Crippen LogP contribution in [0.4, 0.5) is 5.69 Å². The summed E-state index contributed by atoms with van der Waals surface area (Å²) in [6.45, 7) is 4.10. The van der Waals surface area contributed by atoms with E-state index in [1.165, 1.54) is 17.5 Å². The van der Waals surface area contributed by atoms with Gasteiger partial charge < -0.3 is 10.6 Å². The van der Waals surface area contributed by atoms with Gasteiger partial charge >= 0.3 is 0 Å². The molecule has 1 saturated heterocycles.